The second-order valence-electron chi connectivity index (χ2n) is 2.92. The Labute approximate surface area is 105 Å². The van der Waals surface area contributed by atoms with E-state index in [9.17, 15) is 4.79 Å². The number of hydrogen-bond donors (Lipinski definition) is 2. The summed E-state index contributed by atoms with van der Waals surface area (Å²) in [5.41, 5.74) is 1.19. The molecule has 1 atom stereocenters. The molecule has 1 unspecified atom stereocenters. The highest BCUT2D eigenvalue weighted by Gasteiger charge is 2.17. The van der Waals surface area contributed by atoms with Crippen molar-refractivity contribution in [3.05, 3.63) is 11.3 Å². The molecule has 0 aliphatic rings. The highest BCUT2D eigenvalue weighted by molar-refractivity contribution is 5.88. The largest absolute Gasteiger partial charge is 0.464 e. The fraction of sp³-hybridized carbons (Fsp3) is 0.750. The number of esters is 1. The van der Waals surface area contributed by atoms with E-state index in [1.54, 1.807) is 14.1 Å². The first-order chi connectivity index (χ1) is 8.12. The van der Waals surface area contributed by atoms with E-state index in [-0.39, 0.29) is 6.23 Å². The van der Waals surface area contributed by atoms with E-state index < -0.39 is 5.97 Å². The molecule has 17 heavy (non-hydrogen) atoms. The van der Waals surface area contributed by atoms with Crippen LogP contribution in [0.5, 0.6) is 0 Å². The van der Waals surface area contributed by atoms with Crippen molar-refractivity contribution in [1.29, 1.82) is 0 Å². The van der Waals surface area contributed by atoms with Crippen molar-refractivity contribution >= 4 is 5.97 Å². The number of rotatable bonds is 6. The van der Waals surface area contributed by atoms with Crippen LogP contribution in [-0.2, 0) is 14.3 Å². The Morgan fingerprint density at radius 1 is 1.29 bits per heavy atom. The van der Waals surface area contributed by atoms with Gasteiger partial charge in [0.25, 0.3) is 0 Å². The second kappa shape index (κ2) is 11.4. The molecule has 0 bridgehead atoms. The van der Waals surface area contributed by atoms with Crippen LogP contribution in [0.15, 0.2) is 11.3 Å². The summed E-state index contributed by atoms with van der Waals surface area (Å²) >= 11 is 0. The Morgan fingerprint density at radius 2 is 1.82 bits per heavy atom. The highest BCUT2D eigenvalue weighted by atomic mass is 16.5. The monoisotopic (exact) mass is 246 g/mol. The van der Waals surface area contributed by atoms with Crippen molar-refractivity contribution in [2.75, 3.05) is 27.8 Å². The minimum absolute atomic E-state index is 0.281. The van der Waals surface area contributed by atoms with Crippen LogP contribution in [0, 0.1) is 0 Å². The number of ether oxygens (including phenoxy) is 2. The molecule has 5 nitrogen and oxygen atoms in total. The lowest BCUT2D eigenvalue weighted by Crippen LogP contribution is -2.33. The Morgan fingerprint density at radius 3 is 2.12 bits per heavy atom. The van der Waals surface area contributed by atoms with Gasteiger partial charge in [-0.1, -0.05) is 13.8 Å². The molecule has 0 radical (unpaired) electrons. The summed E-state index contributed by atoms with van der Waals surface area (Å²) < 4.78 is 10.1. The molecule has 0 aromatic rings. The maximum atomic E-state index is 11.4. The zero-order valence-electron chi connectivity index (χ0n) is 12.0. The number of nitrogens with one attached hydrogen (secondary N) is 2. The Balaban J connectivity index is 0. The molecule has 0 spiro atoms. The van der Waals surface area contributed by atoms with Gasteiger partial charge in [-0.25, -0.2) is 4.79 Å². The van der Waals surface area contributed by atoms with Gasteiger partial charge in [0.1, 0.15) is 11.9 Å². The first-order valence-corrected chi connectivity index (χ1v) is 5.88. The quantitative estimate of drug-likeness (QED) is 0.420. The summed E-state index contributed by atoms with van der Waals surface area (Å²) in [6, 6.07) is 0. The summed E-state index contributed by atoms with van der Waals surface area (Å²) in [6.45, 7) is 8.29. The Kier molecular flexibility index (Phi) is 12.3. The van der Waals surface area contributed by atoms with Gasteiger partial charge in [0, 0.05) is 19.2 Å². The molecule has 0 amide bonds. The van der Waals surface area contributed by atoms with Crippen LogP contribution < -0.4 is 10.6 Å². The summed E-state index contributed by atoms with van der Waals surface area (Å²) in [7, 11) is 4.80. The van der Waals surface area contributed by atoms with Crippen LogP contribution in [0.2, 0.25) is 0 Å². The molecule has 0 saturated carbocycles. The van der Waals surface area contributed by atoms with Crippen molar-refractivity contribution in [3.63, 3.8) is 0 Å². The topological polar surface area (TPSA) is 59.6 Å². The summed E-state index contributed by atoms with van der Waals surface area (Å²) in [6.07, 6.45) is -0.281. The maximum absolute atomic E-state index is 11.4. The third-order valence-corrected chi connectivity index (χ3v) is 2.02. The van der Waals surface area contributed by atoms with E-state index in [4.69, 9.17) is 4.74 Å². The molecule has 0 fully saturated rings. The molecular formula is C12H26N2O3. The van der Waals surface area contributed by atoms with Crippen LogP contribution in [0.25, 0.3) is 0 Å². The third kappa shape index (κ3) is 6.28. The SMILES string of the molecule is CC.CCOC(NC)/C(C)=C(\NC)C(=O)OC. The predicted molar refractivity (Wildman–Crippen MR) is 69.6 cm³/mol. The molecule has 0 aromatic heterocycles. The van der Waals surface area contributed by atoms with Crippen molar-refractivity contribution < 1.29 is 14.3 Å². The molecular weight excluding hydrogens is 220 g/mol. The highest BCUT2D eigenvalue weighted by Crippen LogP contribution is 2.09. The first kappa shape index (κ1) is 18.3. The van der Waals surface area contributed by atoms with Gasteiger partial charge < -0.3 is 14.8 Å². The molecule has 0 rings (SSSR count). The lowest BCUT2D eigenvalue weighted by molar-refractivity contribution is -0.136. The van der Waals surface area contributed by atoms with Gasteiger partial charge in [0.15, 0.2) is 0 Å². The lowest BCUT2D eigenvalue weighted by Gasteiger charge is -2.19. The molecule has 5 heteroatoms. The average molecular weight is 246 g/mol. The normalized spacial score (nSPS) is 12.9. The van der Waals surface area contributed by atoms with Crippen LogP contribution in [0.3, 0.4) is 0 Å². The molecule has 0 heterocycles. The van der Waals surface area contributed by atoms with Gasteiger partial charge >= 0.3 is 5.97 Å². The Bertz CT molecular complexity index is 240. The molecule has 0 aliphatic heterocycles. The van der Waals surface area contributed by atoms with E-state index in [2.05, 4.69) is 15.4 Å². The fourth-order valence-corrected chi connectivity index (χ4v) is 1.28. The van der Waals surface area contributed by atoms with Crippen LogP contribution >= 0.6 is 0 Å². The smallest absolute Gasteiger partial charge is 0.354 e. The van der Waals surface area contributed by atoms with Gasteiger partial charge in [-0.3, -0.25) is 5.32 Å². The zero-order valence-corrected chi connectivity index (χ0v) is 12.0. The average Bonchev–Trinajstić information content (AvgIpc) is 2.38. The Hall–Kier alpha value is -1.07. The van der Waals surface area contributed by atoms with Crippen molar-refractivity contribution in [2.45, 2.75) is 33.9 Å². The number of hydrogen-bond acceptors (Lipinski definition) is 5. The summed E-state index contributed by atoms with van der Waals surface area (Å²) in [5.74, 6) is -0.394. The molecule has 0 aliphatic carbocycles. The molecule has 0 saturated heterocycles. The summed E-state index contributed by atoms with van der Waals surface area (Å²) in [4.78, 5) is 11.4. The minimum atomic E-state index is -0.394. The van der Waals surface area contributed by atoms with Crippen molar-refractivity contribution in [3.8, 4) is 0 Å². The van der Waals surface area contributed by atoms with E-state index in [1.807, 2.05) is 27.7 Å². The number of carbonyl (C=O) groups excluding carboxylic acids is 1. The maximum Gasteiger partial charge on any atom is 0.354 e. The van der Waals surface area contributed by atoms with E-state index in [0.717, 1.165) is 5.57 Å². The molecule has 0 aromatic carbocycles. The first-order valence-electron chi connectivity index (χ1n) is 5.88. The van der Waals surface area contributed by atoms with Gasteiger partial charge in [-0.15, -0.1) is 0 Å². The van der Waals surface area contributed by atoms with Crippen molar-refractivity contribution in [2.24, 2.45) is 0 Å². The third-order valence-electron chi connectivity index (χ3n) is 2.02. The lowest BCUT2D eigenvalue weighted by atomic mass is 10.2. The van der Waals surface area contributed by atoms with E-state index in [1.165, 1.54) is 7.11 Å². The zero-order chi connectivity index (χ0) is 13.8. The van der Waals surface area contributed by atoms with Crippen molar-refractivity contribution in [1.82, 2.24) is 10.6 Å². The summed E-state index contributed by atoms with van der Waals surface area (Å²) in [5, 5.41) is 5.78. The number of methoxy groups -OCH3 is 1. The van der Waals surface area contributed by atoms with Crippen LogP contribution in [-0.4, -0.2) is 40.0 Å². The second-order valence-corrected chi connectivity index (χ2v) is 2.92. The molecule has 102 valence electrons. The predicted octanol–water partition coefficient (Wildman–Crippen LogP) is 1.26. The van der Waals surface area contributed by atoms with Crippen LogP contribution in [0.1, 0.15) is 27.7 Å². The van der Waals surface area contributed by atoms with Gasteiger partial charge in [0.2, 0.25) is 0 Å². The van der Waals surface area contributed by atoms with E-state index in [0.29, 0.717) is 12.3 Å². The van der Waals surface area contributed by atoms with Gasteiger partial charge in [0.05, 0.1) is 7.11 Å². The van der Waals surface area contributed by atoms with Crippen LogP contribution in [0.4, 0.5) is 0 Å². The standard InChI is InChI=1S/C10H20N2O3.C2H6/c1-6-15-9(12-4)7(2)8(11-3)10(13)14-5;1-2/h9,11-12H,6H2,1-5H3;1-2H3/b8-7-;. The molecule has 2 N–H and O–H groups in total. The number of likely N-dealkylation sites (N-methyl/N-ethyl adjacent to an activating group) is 2. The van der Waals surface area contributed by atoms with Gasteiger partial charge in [-0.2, -0.15) is 0 Å². The minimum Gasteiger partial charge on any atom is -0.464 e. The van der Waals surface area contributed by atoms with E-state index >= 15 is 0 Å². The number of carbonyl (C=O) groups is 1. The fourth-order valence-electron chi connectivity index (χ4n) is 1.28. The van der Waals surface area contributed by atoms with Gasteiger partial charge in [-0.05, 0) is 20.9 Å².